The Morgan fingerprint density at radius 3 is 2.74 bits per heavy atom. The Morgan fingerprint density at radius 2 is 2.00 bits per heavy atom. The Kier molecular flexibility index (Phi) is 5.69. The van der Waals surface area contributed by atoms with Gasteiger partial charge in [0.05, 0.1) is 12.2 Å². The Labute approximate surface area is 179 Å². The van der Waals surface area contributed by atoms with Crippen molar-refractivity contribution in [3.05, 3.63) is 71.7 Å². The maximum absolute atomic E-state index is 12.6. The van der Waals surface area contributed by atoms with Crippen molar-refractivity contribution in [3.63, 3.8) is 0 Å². The van der Waals surface area contributed by atoms with Crippen LogP contribution in [0.15, 0.2) is 49.1 Å². The van der Waals surface area contributed by atoms with Crippen LogP contribution in [0.2, 0.25) is 0 Å². The molecular weight excluding hydrogens is 394 g/mol. The molecule has 0 aliphatic heterocycles. The second-order valence-electron chi connectivity index (χ2n) is 7.12. The van der Waals surface area contributed by atoms with Crippen LogP contribution in [0.4, 0.5) is 5.69 Å². The van der Waals surface area contributed by atoms with E-state index in [2.05, 4.69) is 35.9 Å². The fourth-order valence-corrected chi connectivity index (χ4v) is 3.21. The smallest absolute Gasteiger partial charge is 0.251 e. The molecule has 0 unspecified atom stereocenters. The highest BCUT2D eigenvalue weighted by molar-refractivity contribution is 5.95. The average molecular weight is 417 g/mol. The number of nitrogens with zero attached hydrogens (tertiary/aromatic N) is 7. The van der Waals surface area contributed by atoms with Crippen LogP contribution in [0.25, 0.3) is 11.5 Å². The molecule has 2 N–H and O–H groups in total. The highest BCUT2D eigenvalue weighted by Gasteiger charge is 2.12. The first-order valence-corrected chi connectivity index (χ1v) is 9.77. The van der Waals surface area contributed by atoms with E-state index in [4.69, 9.17) is 0 Å². The van der Waals surface area contributed by atoms with Gasteiger partial charge in [-0.3, -0.25) is 9.48 Å². The van der Waals surface area contributed by atoms with Gasteiger partial charge in [0.15, 0.2) is 11.6 Å². The molecule has 0 aliphatic rings. The van der Waals surface area contributed by atoms with E-state index in [1.165, 1.54) is 6.33 Å². The number of aryl methyl sites for hydroxylation is 2. The molecule has 10 heteroatoms. The van der Waals surface area contributed by atoms with Gasteiger partial charge in [-0.2, -0.15) is 5.10 Å². The van der Waals surface area contributed by atoms with Gasteiger partial charge < -0.3 is 15.2 Å². The summed E-state index contributed by atoms with van der Waals surface area (Å²) in [7, 11) is 3.75. The van der Waals surface area contributed by atoms with E-state index in [0.717, 1.165) is 22.8 Å². The largest absolute Gasteiger partial charge is 0.378 e. The minimum atomic E-state index is -0.142. The van der Waals surface area contributed by atoms with Gasteiger partial charge in [-0.05, 0) is 31.2 Å². The predicted molar refractivity (Wildman–Crippen MR) is 115 cm³/mol. The van der Waals surface area contributed by atoms with Crippen molar-refractivity contribution in [1.82, 2.24) is 39.8 Å². The molecule has 0 saturated carbocycles. The standard InChI is InChI=1S/C21H23N9O/c1-14-16(12-29(2)28-14)10-24-21(31)15-5-4-6-17(9-15)23-11-19-26-27-20(30(19)3)18-7-8-22-13-25-18/h4-9,12-13,23H,10-11H2,1-3H3,(H,24,31). The molecule has 0 fully saturated rings. The van der Waals surface area contributed by atoms with Gasteiger partial charge in [-0.25, -0.2) is 9.97 Å². The molecule has 0 atom stereocenters. The third-order valence-electron chi connectivity index (χ3n) is 4.91. The molecule has 0 saturated heterocycles. The number of hydrogen-bond donors (Lipinski definition) is 2. The molecule has 3 heterocycles. The van der Waals surface area contributed by atoms with E-state index in [0.29, 0.717) is 30.2 Å². The number of anilines is 1. The van der Waals surface area contributed by atoms with Crippen LogP contribution in [0.1, 0.15) is 27.4 Å². The summed E-state index contributed by atoms with van der Waals surface area (Å²) in [5.74, 6) is 1.27. The topological polar surface area (TPSA) is 115 Å². The number of amides is 1. The quantitative estimate of drug-likeness (QED) is 0.471. The summed E-state index contributed by atoms with van der Waals surface area (Å²) < 4.78 is 3.62. The van der Waals surface area contributed by atoms with Crippen molar-refractivity contribution in [3.8, 4) is 11.5 Å². The van der Waals surface area contributed by atoms with Crippen LogP contribution in [0.5, 0.6) is 0 Å². The molecule has 0 radical (unpaired) electrons. The first-order valence-electron chi connectivity index (χ1n) is 9.77. The van der Waals surface area contributed by atoms with Gasteiger partial charge in [-0.15, -0.1) is 10.2 Å². The van der Waals surface area contributed by atoms with Gasteiger partial charge in [0.2, 0.25) is 0 Å². The Balaban J connectivity index is 1.39. The van der Waals surface area contributed by atoms with Gasteiger partial charge in [-0.1, -0.05) is 6.07 Å². The minimum Gasteiger partial charge on any atom is -0.378 e. The maximum atomic E-state index is 12.6. The molecule has 1 amide bonds. The number of carbonyl (C=O) groups is 1. The third-order valence-corrected chi connectivity index (χ3v) is 4.91. The van der Waals surface area contributed by atoms with Gasteiger partial charge >= 0.3 is 0 Å². The van der Waals surface area contributed by atoms with Crippen LogP contribution in [0, 0.1) is 6.92 Å². The predicted octanol–water partition coefficient (Wildman–Crippen LogP) is 1.86. The molecule has 0 spiro atoms. The first-order chi connectivity index (χ1) is 15.0. The minimum absolute atomic E-state index is 0.142. The second-order valence-corrected chi connectivity index (χ2v) is 7.12. The molecular formula is C21H23N9O. The van der Waals surface area contributed by atoms with Gasteiger partial charge in [0, 0.05) is 49.8 Å². The molecule has 1 aromatic carbocycles. The summed E-state index contributed by atoms with van der Waals surface area (Å²) in [6.07, 6.45) is 5.05. The van der Waals surface area contributed by atoms with Crippen molar-refractivity contribution in [2.45, 2.75) is 20.0 Å². The lowest BCUT2D eigenvalue weighted by Gasteiger charge is -2.09. The number of carbonyl (C=O) groups excluding carboxylic acids is 1. The molecule has 0 aliphatic carbocycles. The summed E-state index contributed by atoms with van der Waals surface area (Å²) in [4.78, 5) is 20.7. The number of benzene rings is 1. The first kappa shape index (κ1) is 20.2. The van der Waals surface area contributed by atoms with Crippen molar-refractivity contribution < 1.29 is 4.79 Å². The second kappa shape index (κ2) is 8.74. The molecule has 158 valence electrons. The van der Waals surface area contributed by atoms with Crippen molar-refractivity contribution in [2.24, 2.45) is 14.1 Å². The highest BCUT2D eigenvalue weighted by atomic mass is 16.1. The van der Waals surface area contributed by atoms with Crippen molar-refractivity contribution in [2.75, 3.05) is 5.32 Å². The van der Waals surface area contributed by atoms with Crippen molar-refractivity contribution in [1.29, 1.82) is 0 Å². The van der Waals surface area contributed by atoms with Crippen LogP contribution in [0.3, 0.4) is 0 Å². The molecule has 0 bridgehead atoms. The van der Waals surface area contributed by atoms with Gasteiger partial charge in [0.1, 0.15) is 12.0 Å². The lowest BCUT2D eigenvalue weighted by molar-refractivity contribution is 0.0951. The van der Waals surface area contributed by atoms with E-state index in [9.17, 15) is 4.79 Å². The molecule has 10 nitrogen and oxygen atoms in total. The van der Waals surface area contributed by atoms with Crippen LogP contribution >= 0.6 is 0 Å². The van der Waals surface area contributed by atoms with Crippen LogP contribution in [-0.4, -0.2) is 40.4 Å². The fraction of sp³-hybridized carbons (Fsp3) is 0.238. The van der Waals surface area contributed by atoms with Crippen molar-refractivity contribution >= 4 is 11.6 Å². The van der Waals surface area contributed by atoms with E-state index in [1.807, 2.05) is 50.0 Å². The highest BCUT2D eigenvalue weighted by Crippen LogP contribution is 2.16. The normalized spacial score (nSPS) is 10.8. The van der Waals surface area contributed by atoms with E-state index >= 15 is 0 Å². The monoisotopic (exact) mass is 417 g/mol. The molecule has 4 rings (SSSR count). The SMILES string of the molecule is Cc1nn(C)cc1CNC(=O)c1cccc(NCc2nnc(-c3ccncn3)n2C)c1. The summed E-state index contributed by atoms with van der Waals surface area (Å²) >= 11 is 0. The number of aromatic nitrogens is 7. The van der Waals surface area contributed by atoms with E-state index in [-0.39, 0.29) is 5.91 Å². The van der Waals surface area contributed by atoms with Crippen LogP contribution in [-0.2, 0) is 27.2 Å². The molecule has 4 aromatic rings. The average Bonchev–Trinajstić information content (AvgIpc) is 3.31. The molecule has 31 heavy (non-hydrogen) atoms. The summed E-state index contributed by atoms with van der Waals surface area (Å²) in [5.41, 5.74) is 4.00. The third kappa shape index (κ3) is 4.58. The Bertz CT molecular complexity index is 1200. The zero-order chi connectivity index (χ0) is 21.8. The summed E-state index contributed by atoms with van der Waals surface area (Å²) in [5, 5.41) is 19.0. The lowest BCUT2D eigenvalue weighted by Crippen LogP contribution is -2.23. The lowest BCUT2D eigenvalue weighted by atomic mass is 10.1. The number of rotatable bonds is 7. The zero-order valence-electron chi connectivity index (χ0n) is 17.6. The maximum Gasteiger partial charge on any atom is 0.251 e. The fourth-order valence-electron chi connectivity index (χ4n) is 3.21. The Hall–Kier alpha value is -4.08. The summed E-state index contributed by atoms with van der Waals surface area (Å²) in [6, 6.07) is 9.13. The summed E-state index contributed by atoms with van der Waals surface area (Å²) in [6.45, 7) is 2.81. The van der Waals surface area contributed by atoms with Gasteiger partial charge in [0.25, 0.3) is 5.91 Å². The van der Waals surface area contributed by atoms with Crippen LogP contribution < -0.4 is 10.6 Å². The van der Waals surface area contributed by atoms with E-state index in [1.54, 1.807) is 23.0 Å². The number of hydrogen-bond acceptors (Lipinski definition) is 7. The van der Waals surface area contributed by atoms with E-state index < -0.39 is 0 Å². The molecule has 3 aromatic heterocycles. The number of nitrogens with one attached hydrogen (secondary N) is 2. The Morgan fingerprint density at radius 1 is 1.13 bits per heavy atom. The zero-order valence-corrected chi connectivity index (χ0v) is 17.6.